The number of nitrogens with one attached hydrogen (secondary N) is 2. The molecule has 8 nitrogen and oxygen atoms in total. The van der Waals surface area contributed by atoms with E-state index in [4.69, 9.17) is 0 Å². The lowest BCUT2D eigenvalue weighted by Gasteiger charge is -2.02. The number of non-ortho nitro benzene ring substituents is 1. The molecule has 0 saturated carbocycles. The van der Waals surface area contributed by atoms with Gasteiger partial charge in [-0.15, -0.1) is 0 Å². The number of pyridine rings is 1. The Labute approximate surface area is 143 Å². The molecule has 0 saturated heterocycles. The summed E-state index contributed by atoms with van der Waals surface area (Å²) in [5, 5.41) is 20.3. The highest BCUT2D eigenvalue weighted by molar-refractivity contribution is 5.91. The van der Waals surface area contributed by atoms with Crippen LogP contribution in [0.3, 0.4) is 0 Å². The van der Waals surface area contributed by atoms with E-state index in [2.05, 4.69) is 20.5 Å². The van der Waals surface area contributed by atoms with Crippen molar-refractivity contribution in [2.75, 3.05) is 5.32 Å². The van der Waals surface area contributed by atoms with Crippen molar-refractivity contribution in [2.45, 2.75) is 13.3 Å². The molecule has 0 radical (unpaired) electrons. The van der Waals surface area contributed by atoms with Crippen molar-refractivity contribution in [3.8, 4) is 11.3 Å². The zero-order valence-electron chi connectivity index (χ0n) is 13.4. The summed E-state index contributed by atoms with van der Waals surface area (Å²) in [4.78, 5) is 26.6. The Kier molecular flexibility index (Phi) is 4.51. The third-order valence-electron chi connectivity index (χ3n) is 3.55. The minimum Gasteiger partial charge on any atom is -0.309 e. The predicted molar refractivity (Wildman–Crippen MR) is 92.0 cm³/mol. The zero-order valence-corrected chi connectivity index (χ0v) is 13.4. The molecule has 2 N–H and O–H groups in total. The number of nitro groups is 1. The molecule has 2 heterocycles. The Bertz CT molecular complexity index is 918. The maximum atomic E-state index is 12.1. The van der Waals surface area contributed by atoms with Gasteiger partial charge in [0.2, 0.25) is 5.91 Å². The summed E-state index contributed by atoms with van der Waals surface area (Å²) in [5.74, 6) is 0.134. The van der Waals surface area contributed by atoms with Gasteiger partial charge in [-0.25, -0.2) is 0 Å². The minimum absolute atomic E-state index is 0.00967. The van der Waals surface area contributed by atoms with Crippen molar-refractivity contribution in [3.63, 3.8) is 0 Å². The number of amides is 1. The van der Waals surface area contributed by atoms with Crippen molar-refractivity contribution < 1.29 is 9.72 Å². The molecule has 0 aliphatic rings. The number of hydrogen-bond donors (Lipinski definition) is 2. The van der Waals surface area contributed by atoms with E-state index in [1.165, 1.54) is 12.1 Å². The van der Waals surface area contributed by atoms with Gasteiger partial charge >= 0.3 is 0 Å². The molecule has 0 fully saturated rings. The number of aromatic nitrogens is 3. The van der Waals surface area contributed by atoms with Crippen LogP contribution in [0.15, 0.2) is 48.7 Å². The van der Waals surface area contributed by atoms with Gasteiger partial charge in [-0.05, 0) is 18.6 Å². The number of H-pyrrole nitrogens is 1. The van der Waals surface area contributed by atoms with E-state index in [0.29, 0.717) is 17.1 Å². The first-order valence-electron chi connectivity index (χ1n) is 7.53. The molecular formula is C17H15N5O3. The predicted octanol–water partition coefficient (Wildman–Crippen LogP) is 2.87. The summed E-state index contributed by atoms with van der Waals surface area (Å²) in [6, 6.07) is 11.5. The van der Waals surface area contributed by atoms with Crippen molar-refractivity contribution in [1.82, 2.24) is 15.2 Å². The van der Waals surface area contributed by atoms with E-state index in [-0.39, 0.29) is 18.0 Å². The van der Waals surface area contributed by atoms with Crippen LogP contribution < -0.4 is 5.32 Å². The van der Waals surface area contributed by atoms with Crippen molar-refractivity contribution >= 4 is 17.4 Å². The maximum absolute atomic E-state index is 12.1. The molecule has 3 aromatic rings. The van der Waals surface area contributed by atoms with Crippen molar-refractivity contribution in [3.05, 3.63) is 70.0 Å². The second-order valence-corrected chi connectivity index (χ2v) is 5.51. The van der Waals surface area contributed by atoms with Crippen LogP contribution in [-0.4, -0.2) is 26.0 Å². The third kappa shape index (κ3) is 4.05. The van der Waals surface area contributed by atoms with Gasteiger partial charge in [0.1, 0.15) is 0 Å². The molecule has 0 aliphatic heterocycles. The molecule has 126 valence electrons. The first-order valence-corrected chi connectivity index (χ1v) is 7.53. The van der Waals surface area contributed by atoms with Crippen LogP contribution in [0.2, 0.25) is 0 Å². The fraction of sp³-hybridized carbons (Fsp3) is 0.118. The average molecular weight is 337 g/mol. The summed E-state index contributed by atoms with van der Waals surface area (Å²) in [6.45, 7) is 1.88. The number of carbonyl (C=O) groups is 1. The number of nitro benzene ring substituents is 1. The van der Waals surface area contributed by atoms with E-state index in [9.17, 15) is 14.9 Å². The summed E-state index contributed by atoms with van der Waals surface area (Å²) < 4.78 is 0. The lowest BCUT2D eigenvalue weighted by molar-refractivity contribution is -0.384. The molecule has 0 unspecified atom stereocenters. The van der Waals surface area contributed by atoms with Gasteiger partial charge in [-0.3, -0.25) is 25.0 Å². The van der Waals surface area contributed by atoms with Crippen LogP contribution in [0.25, 0.3) is 11.3 Å². The molecule has 0 aliphatic carbocycles. The number of carbonyl (C=O) groups excluding carboxylic acids is 1. The maximum Gasteiger partial charge on any atom is 0.270 e. The molecule has 3 rings (SSSR count). The first kappa shape index (κ1) is 16.3. The smallest absolute Gasteiger partial charge is 0.270 e. The van der Waals surface area contributed by atoms with Crippen LogP contribution >= 0.6 is 0 Å². The molecule has 8 heteroatoms. The highest BCUT2D eigenvalue weighted by Gasteiger charge is 2.11. The van der Waals surface area contributed by atoms with E-state index in [1.807, 2.05) is 19.1 Å². The SMILES string of the molecule is Cc1ccc(CC(=O)Nc2cc(-c3cccc([N+](=O)[O-])c3)[nH]n2)cn1. The quantitative estimate of drug-likeness (QED) is 0.549. The zero-order chi connectivity index (χ0) is 17.8. The molecule has 1 aromatic carbocycles. The van der Waals surface area contributed by atoms with Crippen LogP contribution in [0.4, 0.5) is 11.5 Å². The monoisotopic (exact) mass is 337 g/mol. The van der Waals surface area contributed by atoms with E-state index in [0.717, 1.165) is 11.3 Å². The van der Waals surface area contributed by atoms with Crippen molar-refractivity contribution in [2.24, 2.45) is 0 Å². The molecule has 25 heavy (non-hydrogen) atoms. The largest absolute Gasteiger partial charge is 0.309 e. The Balaban J connectivity index is 1.69. The number of aromatic amines is 1. The summed E-state index contributed by atoms with van der Waals surface area (Å²) in [6.07, 6.45) is 1.85. The van der Waals surface area contributed by atoms with Gasteiger partial charge in [-0.1, -0.05) is 18.2 Å². The lowest BCUT2D eigenvalue weighted by Crippen LogP contribution is -2.14. The summed E-state index contributed by atoms with van der Waals surface area (Å²) in [7, 11) is 0. The standard InChI is InChI=1S/C17H15N5O3/c1-11-5-6-12(10-18-11)7-17(23)19-16-9-15(20-21-16)13-3-2-4-14(8-13)22(24)25/h2-6,8-10H,7H2,1H3,(H2,19,20,21,23). The van der Waals surface area contributed by atoms with Gasteiger partial charge < -0.3 is 5.32 Å². The number of rotatable bonds is 5. The molecule has 0 bridgehead atoms. The van der Waals surface area contributed by atoms with Gasteiger partial charge in [0, 0.05) is 35.7 Å². The van der Waals surface area contributed by atoms with Crippen LogP contribution in [0.1, 0.15) is 11.3 Å². The second-order valence-electron chi connectivity index (χ2n) is 5.51. The normalized spacial score (nSPS) is 10.4. The first-order chi connectivity index (χ1) is 12.0. The Morgan fingerprint density at radius 1 is 1.28 bits per heavy atom. The van der Waals surface area contributed by atoms with Crippen molar-refractivity contribution in [1.29, 1.82) is 0 Å². The summed E-state index contributed by atoms with van der Waals surface area (Å²) >= 11 is 0. The van der Waals surface area contributed by atoms with Gasteiger partial charge in [0.25, 0.3) is 5.69 Å². The van der Waals surface area contributed by atoms with Crippen LogP contribution in [-0.2, 0) is 11.2 Å². The average Bonchev–Trinajstić information content (AvgIpc) is 3.05. The fourth-order valence-corrected chi connectivity index (χ4v) is 2.30. The van der Waals surface area contributed by atoms with E-state index < -0.39 is 4.92 Å². The van der Waals surface area contributed by atoms with Gasteiger partial charge in [-0.2, -0.15) is 5.10 Å². The number of hydrogen-bond acceptors (Lipinski definition) is 5. The molecule has 0 spiro atoms. The van der Waals surface area contributed by atoms with E-state index in [1.54, 1.807) is 24.4 Å². The highest BCUT2D eigenvalue weighted by Crippen LogP contribution is 2.23. The van der Waals surface area contributed by atoms with Crippen LogP contribution in [0.5, 0.6) is 0 Å². The molecule has 2 aromatic heterocycles. The number of nitrogens with zero attached hydrogens (tertiary/aromatic N) is 3. The van der Waals surface area contributed by atoms with Gasteiger partial charge in [0.15, 0.2) is 5.82 Å². The second kappa shape index (κ2) is 6.91. The third-order valence-corrected chi connectivity index (χ3v) is 3.55. The minimum atomic E-state index is -0.460. The fourth-order valence-electron chi connectivity index (χ4n) is 2.30. The Morgan fingerprint density at radius 2 is 2.12 bits per heavy atom. The molecular weight excluding hydrogens is 322 g/mol. The topological polar surface area (TPSA) is 114 Å². The van der Waals surface area contributed by atoms with E-state index >= 15 is 0 Å². The number of aryl methyl sites for hydroxylation is 1. The van der Waals surface area contributed by atoms with Gasteiger partial charge in [0.05, 0.1) is 17.0 Å². The molecule has 1 amide bonds. The Hall–Kier alpha value is -3.55. The van der Waals surface area contributed by atoms with Crippen LogP contribution in [0, 0.1) is 17.0 Å². The highest BCUT2D eigenvalue weighted by atomic mass is 16.6. The number of anilines is 1. The molecule has 0 atom stereocenters. The summed E-state index contributed by atoms with van der Waals surface area (Å²) in [5.41, 5.74) is 2.88. The number of benzene rings is 1. The lowest BCUT2D eigenvalue weighted by atomic mass is 10.1. The Morgan fingerprint density at radius 3 is 2.84 bits per heavy atom.